The van der Waals surface area contributed by atoms with Gasteiger partial charge in [0.2, 0.25) is 0 Å². The van der Waals surface area contributed by atoms with Gasteiger partial charge in [0.1, 0.15) is 11.4 Å². The Morgan fingerprint density at radius 3 is 2.82 bits per heavy atom. The Bertz CT molecular complexity index is 460. The smallest absolute Gasteiger partial charge is 0.339 e. The fourth-order valence-corrected chi connectivity index (χ4v) is 2.47. The molecule has 2 heterocycles. The molecule has 1 aromatic rings. The summed E-state index contributed by atoms with van der Waals surface area (Å²) in [6, 6.07) is 1.61. The van der Waals surface area contributed by atoms with Gasteiger partial charge in [-0.25, -0.2) is 9.78 Å². The average molecular weight is 299 g/mol. The molecule has 0 aliphatic carbocycles. The number of carboxylic acids is 1. The zero-order valence-electron chi connectivity index (χ0n) is 9.90. The van der Waals surface area contributed by atoms with E-state index < -0.39 is 5.97 Å². The van der Waals surface area contributed by atoms with E-state index in [1.807, 2.05) is 0 Å². The molecule has 0 aromatic carbocycles. The monoisotopic (exact) mass is 298 g/mol. The molecular formula is C12H15BrN2O2. The summed E-state index contributed by atoms with van der Waals surface area (Å²) in [5.74, 6) is -0.357. The second kappa shape index (κ2) is 4.29. The Kier molecular flexibility index (Phi) is 3.12. The highest BCUT2D eigenvalue weighted by molar-refractivity contribution is 9.10. The summed E-state index contributed by atoms with van der Waals surface area (Å²) in [6.07, 6.45) is 2.71. The lowest BCUT2D eigenvalue weighted by Crippen LogP contribution is -2.25. The van der Waals surface area contributed by atoms with E-state index in [2.05, 4.69) is 39.7 Å². The maximum atomic E-state index is 11.2. The molecule has 1 N–H and O–H groups in total. The number of aromatic carboxylic acids is 1. The van der Waals surface area contributed by atoms with Crippen LogP contribution in [0.3, 0.4) is 0 Å². The third-order valence-electron chi connectivity index (χ3n) is 3.04. The first-order valence-electron chi connectivity index (χ1n) is 5.53. The van der Waals surface area contributed by atoms with E-state index in [1.165, 1.54) is 0 Å². The van der Waals surface area contributed by atoms with Gasteiger partial charge in [-0.1, -0.05) is 13.8 Å². The van der Waals surface area contributed by atoms with Gasteiger partial charge in [-0.2, -0.15) is 0 Å². The highest BCUT2D eigenvalue weighted by Gasteiger charge is 2.31. The van der Waals surface area contributed by atoms with E-state index in [-0.39, 0.29) is 11.0 Å². The number of aromatic nitrogens is 1. The molecule has 1 saturated heterocycles. The molecule has 0 bridgehead atoms. The number of carboxylic acid groups (broad SMARTS) is 1. The highest BCUT2D eigenvalue weighted by atomic mass is 79.9. The normalized spacial score (nSPS) is 18.4. The molecule has 0 atom stereocenters. The van der Waals surface area contributed by atoms with Gasteiger partial charge in [0, 0.05) is 23.8 Å². The molecule has 0 saturated carbocycles. The second-order valence-electron chi connectivity index (χ2n) is 5.17. The second-order valence-corrected chi connectivity index (χ2v) is 6.08. The summed E-state index contributed by atoms with van der Waals surface area (Å²) >= 11 is 3.25. The van der Waals surface area contributed by atoms with Gasteiger partial charge >= 0.3 is 5.97 Å². The lowest BCUT2D eigenvalue weighted by molar-refractivity contribution is 0.0697. The van der Waals surface area contributed by atoms with Crippen molar-refractivity contribution in [2.75, 3.05) is 18.0 Å². The van der Waals surface area contributed by atoms with Gasteiger partial charge in [-0.3, -0.25) is 0 Å². The van der Waals surface area contributed by atoms with Crippen LogP contribution in [0.1, 0.15) is 30.6 Å². The first kappa shape index (κ1) is 12.4. The molecule has 2 rings (SSSR count). The number of rotatable bonds is 2. The van der Waals surface area contributed by atoms with Gasteiger partial charge < -0.3 is 10.0 Å². The van der Waals surface area contributed by atoms with Gasteiger partial charge in [0.25, 0.3) is 0 Å². The van der Waals surface area contributed by atoms with Gasteiger partial charge in [0.15, 0.2) is 0 Å². The van der Waals surface area contributed by atoms with E-state index in [1.54, 1.807) is 12.3 Å². The number of pyridine rings is 1. The van der Waals surface area contributed by atoms with Crippen LogP contribution in [-0.2, 0) is 0 Å². The quantitative estimate of drug-likeness (QED) is 0.912. The molecule has 1 aliphatic heterocycles. The molecule has 0 spiro atoms. The van der Waals surface area contributed by atoms with Crippen LogP contribution >= 0.6 is 15.9 Å². The number of halogens is 1. The van der Waals surface area contributed by atoms with E-state index >= 15 is 0 Å². The largest absolute Gasteiger partial charge is 0.478 e. The van der Waals surface area contributed by atoms with Crippen LogP contribution in [0.15, 0.2) is 16.7 Å². The van der Waals surface area contributed by atoms with Crippen molar-refractivity contribution in [1.82, 2.24) is 4.98 Å². The highest BCUT2D eigenvalue weighted by Crippen LogP contribution is 2.33. The predicted octanol–water partition coefficient (Wildman–Crippen LogP) is 2.78. The van der Waals surface area contributed by atoms with Crippen molar-refractivity contribution < 1.29 is 9.90 Å². The van der Waals surface area contributed by atoms with Crippen molar-refractivity contribution in [2.24, 2.45) is 5.41 Å². The number of carbonyl (C=O) groups is 1. The number of anilines is 1. The zero-order valence-corrected chi connectivity index (χ0v) is 11.5. The lowest BCUT2D eigenvalue weighted by Gasteiger charge is -2.22. The van der Waals surface area contributed by atoms with Crippen molar-refractivity contribution in [2.45, 2.75) is 20.3 Å². The molecule has 0 unspecified atom stereocenters. The summed E-state index contributed by atoms with van der Waals surface area (Å²) in [5.41, 5.74) is 0.488. The molecule has 17 heavy (non-hydrogen) atoms. The maximum Gasteiger partial charge on any atom is 0.339 e. The van der Waals surface area contributed by atoms with Crippen LogP contribution in [0, 0.1) is 5.41 Å². The minimum atomic E-state index is -0.932. The third-order valence-corrected chi connectivity index (χ3v) is 3.47. The Hall–Kier alpha value is -1.10. The topological polar surface area (TPSA) is 53.4 Å². The van der Waals surface area contributed by atoms with Crippen LogP contribution in [0.5, 0.6) is 0 Å². The van der Waals surface area contributed by atoms with E-state index in [0.29, 0.717) is 10.3 Å². The van der Waals surface area contributed by atoms with E-state index in [4.69, 9.17) is 0 Å². The van der Waals surface area contributed by atoms with Gasteiger partial charge in [-0.05, 0) is 33.8 Å². The average Bonchev–Trinajstić information content (AvgIpc) is 2.58. The Morgan fingerprint density at radius 1 is 1.59 bits per heavy atom. The molecule has 1 fully saturated rings. The summed E-state index contributed by atoms with van der Waals surface area (Å²) < 4.78 is 0.692. The molecule has 5 heteroatoms. The van der Waals surface area contributed by atoms with Crippen molar-refractivity contribution in [3.63, 3.8) is 0 Å². The van der Waals surface area contributed by atoms with Gasteiger partial charge in [0.05, 0.1) is 0 Å². The number of hydrogen-bond acceptors (Lipinski definition) is 3. The van der Waals surface area contributed by atoms with E-state index in [9.17, 15) is 9.90 Å². The SMILES string of the molecule is CC1(C)CCN(c2ncc(Br)cc2C(=O)O)C1. The first-order valence-corrected chi connectivity index (χ1v) is 6.32. The van der Waals surface area contributed by atoms with Crippen LogP contribution < -0.4 is 4.90 Å². The van der Waals surface area contributed by atoms with E-state index in [0.717, 1.165) is 19.5 Å². The Morgan fingerprint density at radius 2 is 2.29 bits per heavy atom. The van der Waals surface area contributed by atoms with Crippen molar-refractivity contribution in [3.05, 3.63) is 22.3 Å². The summed E-state index contributed by atoms with van der Waals surface area (Å²) in [5, 5.41) is 9.19. The Balaban J connectivity index is 2.36. The number of nitrogens with zero attached hydrogens (tertiary/aromatic N) is 2. The minimum Gasteiger partial charge on any atom is -0.478 e. The molecule has 1 aliphatic rings. The molecule has 1 aromatic heterocycles. The van der Waals surface area contributed by atoms with Crippen LogP contribution in [0.4, 0.5) is 5.82 Å². The molecule has 92 valence electrons. The summed E-state index contributed by atoms with van der Waals surface area (Å²) in [7, 11) is 0. The van der Waals surface area contributed by atoms with Gasteiger partial charge in [-0.15, -0.1) is 0 Å². The number of hydrogen-bond donors (Lipinski definition) is 1. The fourth-order valence-electron chi connectivity index (χ4n) is 2.13. The minimum absolute atomic E-state index is 0.227. The van der Waals surface area contributed by atoms with Crippen LogP contribution in [0.25, 0.3) is 0 Å². The fraction of sp³-hybridized carbons (Fsp3) is 0.500. The van der Waals surface area contributed by atoms with Crippen LogP contribution in [-0.4, -0.2) is 29.1 Å². The van der Waals surface area contributed by atoms with Crippen molar-refractivity contribution in [1.29, 1.82) is 0 Å². The Labute approximate surface area is 109 Å². The zero-order chi connectivity index (χ0) is 12.6. The standard InChI is InChI=1S/C12H15BrN2O2/c1-12(2)3-4-15(7-12)10-9(11(16)17)5-8(13)6-14-10/h5-6H,3-4,7H2,1-2H3,(H,16,17). The summed E-state index contributed by atoms with van der Waals surface area (Å²) in [6.45, 7) is 6.09. The third kappa shape index (κ3) is 2.60. The summed E-state index contributed by atoms with van der Waals surface area (Å²) in [4.78, 5) is 17.5. The molecule has 0 radical (unpaired) electrons. The molecular weight excluding hydrogens is 284 g/mol. The van der Waals surface area contributed by atoms with Crippen molar-refractivity contribution >= 4 is 27.7 Å². The lowest BCUT2D eigenvalue weighted by atomic mass is 9.93. The van der Waals surface area contributed by atoms with Crippen LogP contribution in [0.2, 0.25) is 0 Å². The predicted molar refractivity (Wildman–Crippen MR) is 69.5 cm³/mol. The molecule has 4 nitrogen and oxygen atoms in total. The first-order chi connectivity index (χ1) is 7.89. The van der Waals surface area contributed by atoms with Crippen molar-refractivity contribution in [3.8, 4) is 0 Å². The molecule has 0 amide bonds. The maximum absolute atomic E-state index is 11.2.